The van der Waals surface area contributed by atoms with Crippen molar-refractivity contribution in [2.45, 2.75) is 0 Å². The lowest BCUT2D eigenvalue weighted by Gasteiger charge is -2.27. The number of hydrogen-bond acceptors (Lipinski definition) is 5. The van der Waals surface area contributed by atoms with Crippen LogP contribution in [0.15, 0.2) is 53.0 Å². The molecule has 0 saturated carbocycles. The van der Waals surface area contributed by atoms with Crippen molar-refractivity contribution >= 4 is 52.8 Å². The Labute approximate surface area is 169 Å². The van der Waals surface area contributed by atoms with Crippen LogP contribution in [0, 0.1) is 0 Å². The Kier molecular flexibility index (Phi) is 5.43. The highest BCUT2D eigenvalue weighted by molar-refractivity contribution is 7.80. The first-order valence-electron chi connectivity index (χ1n) is 7.94. The van der Waals surface area contributed by atoms with Crippen LogP contribution < -0.4 is 5.32 Å². The maximum absolute atomic E-state index is 12.5. The maximum Gasteiger partial charge on any atom is 0.335 e. The molecule has 0 bridgehead atoms. The molecule has 3 rings (SSSR count). The van der Waals surface area contributed by atoms with E-state index in [1.165, 1.54) is 41.3 Å². The van der Waals surface area contributed by atoms with Gasteiger partial charge in [-0.2, -0.15) is 0 Å². The Hall–Kier alpha value is -3.23. The van der Waals surface area contributed by atoms with Gasteiger partial charge in [0.25, 0.3) is 11.8 Å². The predicted octanol–water partition coefficient (Wildman–Crippen LogP) is 3.11. The van der Waals surface area contributed by atoms with Crippen molar-refractivity contribution in [2.24, 2.45) is 0 Å². The second-order valence-electron chi connectivity index (χ2n) is 5.72. The Morgan fingerprint density at radius 1 is 1.32 bits per heavy atom. The van der Waals surface area contributed by atoms with Crippen LogP contribution in [0.1, 0.15) is 16.1 Å². The summed E-state index contributed by atoms with van der Waals surface area (Å²) in [6, 6.07) is 7.31. The molecule has 1 aliphatic heterocycles. The van der Waals surface area contributed by atoms with Crippen molar-refractivity contribution in [3.05, 3.63) is 64.9 Å². The van der Waals surface area contributed by atoms with E-state index < -0.39 is 17.8 Å². The molecule has 1 aliphatic rings. The van der Waals surface area contributed by atoms with Gasteiger partial charge in [-0.15, -0.1) is 6.58 Å². The third-order valence-corrected chi connectivity index (χ3v) is 4.54. The number of rotatable bonds is 5. The molecule has 28 heavy (non-hydrogen) atoms. The number of carboxylic acids is 1. The van der Waals surface area contributed by atoms with Gasteiger partial charge < -0.3 is 9.52 Å². The van der Waals surface area contributed by atoms with Gasteiger partial charge in [0.1, 0.15) is 17.1 Å². The predicted molar refractivity (Wildman–Crippen MR) is 107 cm³/mol. The van der Waals surface area contributed by atoms with Gasteiger partial charge in [0, 0.05) is 12.1 Å². The standard InChI is InChI=1S/C19H13ClN2O5S/c1-2-7-22-17(24)13(16(23)21-19(22)28)9-11-4-6-15(27-11)12-8-10(18(25)26)3-5-14(12)20/h2-6,8-9H,1,7H2,(H,25,26)(H,21,23,28)/b13-9-. The smallest absolute Gasteiger partial charge is 0.335 e. The zero-order valence-corrected chi connectivity index (χ0v) is 15.8. The molecule has 0 unspecified atom stereocenters. The van der Waals surface area contributed by atoms with E-state index in [0.717, 1.165) is 0 Å². The molecule has 2 heterocycles. The summed E-state index contributed by atoms with van der Waals surface area (Å²) in [5.74, 6) is -1.80. The van der Waals surface area contributed by atoms with E-state index in [2.05, 4.69) is 11.9 Å². The normalized spacial score (nSPS) is 15.7. The zero-order chi connectivity index (χ0) is 20.4. The van der Waals surface area contributed by atoms with E-state index >= 15 is 0 Å². The minimum absolute atomic E-state index is 0.00412. The second kappa shape index (κ2) is 7.79. The zero-order valence-electron chi connectivity index (χ0n) is 14.3. The van der Waals surface area contributed by atoms with Crippen molar-refractivity contribution in [1.82, 2.24) is 10.2 Å². The van der Waals surface area contributed by atoms with Gasteiger partial charge in [-0.05, 0) is 48.6 Å². The molecule has 1 fully saturated rings. The summed E-state index contributed by atoms with van der Waals surface area (Å²) < 4.78 is 5.65. The number of halogens is 1. The first-order chi connectivity index (χ1) is 13.3. The van der Waals surface area contributed by atoms with Gasteiger partial charge in [-0.3, -0.25) is 19.8 Å². The molecule has 0 atom stereocenters. The fraction of sp³-hybridized carbons (Fsp3) is 0.0526. The third-order valence-electron chi connectivity index (χ3n) is 3.89. The number of thiocarbonyl (C=S) groups is 1. The largest absolute Gasteiger partial charge is 0.478 e. The molecule has 1 aromatic heterocycles. The van der Waals surface area contributed by atoms with Gasteiger partial charge in [-0.1, -0.05) is 17.7 Å². The summed E-state index contributed by atoms with van der Waals surface area (Å²) in [5.41, 5.74) is 0.271. The SMILES string of the molecule is C=CCN1C(=O)/C(=C\c2ccc(-c3cc(C(=O)O)ccc3Cl)o2)C(=O)NC1=S. The number of benzene rings is 1. The van der Waals surface area contributed by atoms with Crippen LogP contribution in [0.25, 0.3) is 17.4 Å². The molecule has 2 amide bonds. The molecule has 1 saturated heterocycles. The Morgan fingerprint density at radius 2 is 2.07 bits per heavy atom. The summed E-state index contributed by atoms with van der Waals surface area (Å²) >= 11 is 11.1. The van der Waals surface area contributed by atoms with E-state index in [4.69, 9.17) is 33.3 Å². The van der Waals surface area contributed by atoms with Crippen LogP contribution in [0.4, 0.5) is 0 Å². The Balaban J connectivity index is 1.96. The molecule has 0 radical (unpaired) electrons. The first kappa shape index (κ1) is 19.5. The van der Waals surface area contributed by atoms with Gasteiger partial charge >= 0.3 is 5.97 Å². The molecule has 7 nitrogen and oxygen atoms in total. The van der Waals surface area contributed by atoms with E-state index in [-0.39, 0.29) is 28.6 Å². The summed E-state index contributed by atoms with van der Waals surface area (Å²) in [4.78, 5) is 37.0. The average molecular weight is 417 g/mol. The van der Waals surface area contributed by atoms with Crippen molar-refractivity contribution in [1.29, 1.82) is 0 Å². The number of furan rings is 1. The summed E-state index contributed by atoms with van der Waals surface area (Å²) in [7, 11) is 0. The highest BCUT2D eigenvalue weighted by Crippen LogP contribution is 2.31. The fourth-order valence-corrected chi connectivity index (χ4v) is 3.01. The first-order valence-corrected chi connectivity index (χ1v) is 8.73. The van der Waals surface area contributed by atoms with Crippen LogP contribution in [0.3, 0.4) is 0 Å². The highest BCUT2D eigenvalue weighted by Gasteiger charge is 2.32. The lowest BCUT2D eigenvalue weighted by atomic mass is 10.1. The summed E-state index contributed by atoms with van der Waals surface area (Å²) in [6.45, 7) is 3.71. The van der Waals surface area contributed by atoms with Crippen LogP contribution >= 0.6 is 23.8 Å². The Bertz CT molecular complexity index is 1060. The van der Waals surface area contributed by atoms with Crippen molar-refractivity contribution in [2.75, 3.05) is 6.54 Å². The van der Waals surface area contributed by atoms with Crippen molar-refractivity contribution < 1.29 is 23.9 Å². The number of carboxylic acid groups (broad SMARTS) is 1. The molecule has 0 spiro atoms. The molecular weight excluding hydrogens is 404 g/mol. The van der Waals surface area contributed by atoms with Crippen LogP contribution in [0.2, 0.25) is 5.02 Å². The molecule has 0 aliphatic carbocycles. The number of nitrogens with zero attached hydrogens (tertiary/aromatic N) is 1. The number of nitrogens with one attached hydrogen (secondary N) is 1. The van der Waals surface area contributed by atoms with E-state index in [1.54, 1.807) is 6.07 Å². The molecule has 142 valence electrons. The van der Waals surface area contributed by atoms with Crippen LogP contribution in [-0.2, 0) is 9.59 Å². The number of carbonyl (C=O) groups is 3. The van der Waals surface area contributed by atoms with Crippen molar-refractivity contribution in [3.8, 4) is 11.3 Å². The molecule has 2 aromatic rings. The lowest BCUT2D eigenvalue weighted by Crippen LogP contribution is -2.53. The monoisotopic (exact) mass is 416 g/mol. The third kappa shape index (κ3) is 3.73. The summed E-state index contributed by atoms with van der Waals surface area (Å²) in [6.07, 6.45) is 2.77. The highest BCUT2D eigenvalue weighted by atomic mass is 35.5. The number of carbonyl (C=O) groups excluding carboxylic acids is 2. The van der Waals surface area contributed by atoms with E-state index in [1.807, 2.05) is 0 Å². The molecular formula is C19H13ClN2O5S. The Morgan fingerprint density at radius 3 is 2.75 bits per heavy atom. The number of amides is 2. The molecule has 2 N–H and O–H groups in total. The minimum atomic E-state index is -1.10. The topological polar surface area (TPSA) is 99.8 Å². The van der Waals surface area contributed by atoms with Crippen LogP contribution in [-0.4, -0.2) is 39.4 Å². The summed E-state index contributed by atoms with van der Waals surface area (Å²) in [5, 5.41) is 11.9. The number of aromatic carboxylic acids is 1. The quantitative estimate of drug-likeness (QED) is 0.336. The minimum Gasteiger partial charge on any atom is -0.478 e. The maximum atomic E-state index is 12.5. The number of hydrogen-bond donors (Lipinski definition) is 2. The van der Waals surface area contributed by atoms with E-state index in [0.29, 0.717) is 16.3 Å². The fourth-order valence-electron chi connectivity index (χ4n) is 2.55. The van der Waals surface area contributed by atoms with Gasteiger partial charge in [-0.25, -0.2) is 4.79 Å². The molecule has 1 aromatic carbocycles. The average Bonchev–Trinajstić information content (AvgIpc) is 3.11. The van der Waals surface area contributed by atoms with Gasteiger partial charge in [0.15, 0.2) is 5.11 Å². The second-order valence-corrected chi connectivity index (χ2v) is 6.52. The van der Waals surface area contributed by atoms with Gasteiger partial charge in [0.05, 0.1) is 10.6 Å². The van der Waals surface area contributed by atoms with E-state index in [9.17, 15) is 14.4 Å². The van der Waals surface area contributed by atoms with Gasteiger partial charge in [0.2, 0.25) is 0 Å². The van der Waals surface area contributed by atoms with Crippen LogP contribution in [0.5, 0.6) is 0 Å². The molecule has 9 heteroatoms. The van der Waals surface area contributed by atoms with Crippen molar-refractivity contribution in [3.63, 3.8) is 0 Å². The lowest BCUT2D eigenvalue weighted by molar-refractivity contribution is -0.128.